The number of sulfone groups is 1. The minimum absolute atomic E-state index is 0.0147. The predicted molar refractivity (Wildman–Crippen MR) is 103 cm³/mol. The van der Waals surface area contributed by atoms with Crippen LogP contribution in [0.2, 0.25) is 0 Å². The normalized spacial score (nSPS) is 17.7. The maximum Gasteiger partial charge on any atom is 0.243 e. The van der Waals surface area contributed by atoms with Crippen molar-refractivity contribution in [2.75, 3.05) is 25.7 Å². The summed E-state index contributed by atoms with van der Waals surface area (Å²) in [6.45, 7) is 0. The summed E-state index contributed by atoms with van der Waals surface area (Å²) in [6, 6.07) is 8.06. The maximum absolute atomic E-state index is 13.0. The van der Waals surface area contributed by atoms with E-state index in [4.69, 9.17) is 4.74 Å². The van der Waals surface area contributed by atoms with Gasteiger partial charge in [-0.2, -0.15) is 4.31 Å². The van der Waals surface area contributed by atoms with Gasteiger partial charge in [0.2, 0.25) is 10.0 Å². The summed E-state index contributed by atoms with van der Waals surface area (Å²) in [4.78, 5) is 4.19. The SMILES string of the molecule is COc1cc(S(=O)(=O)N(C)C2CCS(=O)(=O)CC2)ccc1-c1cccnc1. The molecule has 7 nitrogen and oxygen atoms in total. The Kier molecular flexibility index (Phi) is 5.55. The summed E-state index contributed by atoms with van der Waals surface area (Å²) in [5, 5.41) is 0. The van der Waals surface area contributed by atoms with Crippen molar-refractivity contribution in [1.82, 2.24) is 9.29 Å². The third kappa shape index (κ3) is 4.15. The Morgan fingerprint density at radius 1 is 1.19 bits per heavy atom. The van der Waals surface area contributed by atoms with Crippen molar-refractivity contribution in [2.45, 2.75) is 23.8 Å². The van der Waals surface area contributed by atoms with Crippen LogP contribution < -0.4 is 4.74 Å². The fourth-order valence-corrected chi connectivity index (χ4v) is 6.09. The quantitative estimate of drug-likeness (QED) is 0.748. The van der Waals surface area contributed by atoms with Crippen molar-refractivity contribution >= 4 is 19.9 Å². The number of pyridine rings is 1. The van der Waals surface area contributed by atoms with Crippen molar-refractivity contribution in [1.29, 1.82) is 0 Å². The average molecular weight is 411 g/mol. The van der Waals surface area contributed by atoms with Gasteiger partial charge >= 0.3 is 0 Å². The van der Waals surface area contributed by atoms with E-state index in [2.05, 4.69) is 4.98 Å². The zero-order valence-electron chi connectivity index (χ0n) is 15.2. The third-order valence-electron chi connectivity index (χ3n) is 4.86. The van der Waals surface area contributed by atoms with Gasteiger partial charge < -0.3 is 4.74 Å². The van der Waals surface area contributed by atoms with Crippen LogP contribution in [0.5, 0.6) is 5.75 Å². The molecular weight excluding hydrogens is 388 g/mol. The van der Waals surface area contributed by atoms with E-state index in [1.807, 2.05) is 6.07 Å². The Balaban J connectivity index is 1.91. The molecule has 0 unspecified atom stereocenters. The second-order valence-corrected chi connectivity index (χ2v) is 10.8. The third-order valence-corrected chi connectivity index (χ3v) is 8.48. The lowest BCUT2D eigenvalue weighted by atomic mass is 10.1. The number of aromatic nitrogens is 1. The molecule has 1 aliphatic rings. The van der Waals surface area contributed by atoms with E-state index in [-0.39, 0.29) is 22.4 Å². The van der Waals surface area contributed by atoms with Crippen LogP contribution in [-0.4, -0.2) is 57.8 Å². The number of hydrogen-bond donors (Lipinski definition) is 0. The van der Waals surface area contributed by atoms with Gasteiger partial charge in [0.25, 0.3) is 0 Å². The lowest BCUT2D eigenvalue weighted by molar-refractivity contribution is 0.342. The van der Waals surface area contributed by atoms with E-state index in [1.165, 1.54) is 30.6 Å². The second kappa shape index (κ2) is 7.57. The highest BCUT2D eigenvalue weighted by Gasteiger charge is 2.33. The minimum Gasteiger partial charge on any atom is -0.496 e. The summed E-state index contributed by atoms with van der Waals surface area (Å²) in [5.74, 6) is 0.463. The van der Waals surface area contributed by atoms with Gasteiger partial charge in [-0.3, -0.25) is 4.98 Å². The van der Waals surface area contributed by atoms with Gasteiger partial charge in [0.15, 0.2) is 0 Å². The number of ether oxygens (including phenoxy) is 1. The molecule has 0 saturated carbocycles. The Morgan fingerprint density at radius 3 is 2.48 bits per heavy atom. The van der Waals surface area contributed by atoms with Crippen molar-refractivity contribution in [3.8, 4) is 16.9 Å². The van der Waals surface area contributed by atoms with Crippen LogP contribution in [0.15, 0.2) is 47.6 Å². The summed E-state index contributed by atoms with van der Waals surface area (Å²) in [7, 11) is -3.83. The molecule has 1 aromatic heterocycles. The van der Waals surface area contributed by atoms with Gasteiger partial charge in [-0.05, 0) is 31.0 Å². The molecule has 0 bridgehead atoms. The number of benzene rings is 1. The van der Waals surface area contributed by atoms with E-state index < -0.39 is 19.9 Å². The van der Waals surface area contributed by atoms with Crippen LogP contribution >= 0.6 is 0 Å². The summed E-state index contributed by atoms with van der Waals surface area (Å²) in [5.41, 5.74) is 1.57. The van der Waals surface area contributed by atoms with Gasteiger partial charge in [-0.15, -0.1) is 0 Å². The largest absolute Gasteiger partial charge is 0.496 e. The summed E-state index contributed by atoms with van der Waals surface area (Å²) < 4.78 is 55.9. The molecule has 0 amide bonds. The van der Waals surface area contributed by atoms with Crippen LogP contribution in [0.4, 0.5) is 0 Å². The average Bonchev–Trinajstić information content (AvgIpc) is 2.67. The first-order valence-electron chi connectivity index (χ1n) is 8.51. The number of nitrogens with zero attached hydrogens (tertiary/aromatic N) is 2. The molecule has 0 N–H and O–H groups in total. The van der Waals surface area contributed by atoms with Gasteiger partial charge in [-0.1, -0.05) is 6.07 Å². The Labute approximate surface area is 160 Å². The molecule has 9 heteroatoms. The topological polar surface area (TPSA) is 93.6 Å². The molecule has 27 heavy (non-hydrogen) atoms. The van der Waals surface area contributed by atoms with Crippen molar-refractivity contribution in [2.24, 2.45) is 0 Å². The van der Waals surface area contributed by atoms with Crippen LogP contribution in [0, 0.1) is 0 Å². The van der Waals surface area contributed by atoms with Crippen LogP contribution in [0.25, 0.3) is 11.1 Å². The molecular formula is C18H22N2O5S2. The molecule has 0 spiro atoms. The van der Waals surface area contributed by atoms with E-state index in [1.54, 1.807) is 24.5 Å². The van der Waals surface area contributed by atoms with E-state index >= 15 is 0 Å². The smallest absolute Gasteiger partial charge is 0.243 e. The minimum atomic E-state index is -3.76. The fraction of sp³-hybridized carbons (Fsp3) is 0.389. The molecule has 2 aromatic rings. The lowest BCUT2D eigenvalue weighted by Crippen LogP contribution is -2.42. The van der Waals surface area contributed by atoms with Crippen molar-refractivity contribution in [3.05, 3.63) is 42.7 Å². The number of hydrogen-bond acceptors (Lipinski definition) is 6. The number of rotatable bonds is 5. The van der Waals surface area contributed by atoms with E-state index in [0.29, 0.717) is 18.6 Å². The summed E-state index contributed by atoms with van der Waals surface area (Å²) >= 11 is 0. The molecule has 0 atom stereocenters. The highest BCUT2D eigenvalue weighted by atomic mass is 32.2. The van der Waals surface area contributed by atoms with Crippen LogP contribution in [-0.2, 0) is 19.9 Å². The molecule has 1 aliphatic heterocycles. The fourth-order valence-electron chi connectivity index (χ4n) is 3.20. The first kappa shape index (κ1) is 19.8. The van der Waals surface area contributed by atoms with Crippen LogP contribution in [0.3, 0.4) is 0 Å². The zero-order chi connectivity index (χ0) is 19.7. The molecule has 1 aromatic carbocycles. The van der Waals surface area contributed by atoms with Gasteiger partial charge in [0, 0.05) is 42.7 Å². The molecule has 2 heterocycles. The van der Waals surface area contributed by atoms with Crippen molar-refractivity contribution in [3.63, 3.8) is 0 Å². The maximum atomic E-state index is 13.0. The highest BCUT2D eigenvalue weighted by Crippen LogP contribution is 2.33. The second-order valence-electron chi connectivity index (χ2n) is 6.51. The highest BCUT2D eigenvalue weighted by molar-refractivity contribution is 7.91. The molecule has 0 radical (unpaired) electrons. The standard InChI is InChI=1S/C18H22N2O5S2/c1-20(15-7-10-26(21,22)11-8-15)27(23,24)16-5-6-17(18(12-16)25-2)14-4-3-9-19-13-14/h3-6,9,12-13,15H,7-8,10-11H2,1-2H3. The Morgan fingerprint density at radius 2 is 1.89 bits per heavy atom. The number of methoxy groups -OCH3 is 1. The van der Waals surface area contributed by atoms with Crippen molar-refractivity contribution < 1.29 is 21.6 Å². The van der Waals surface area contributed by atoms with Crippen LogP contribution in [0.1, 0.15) is 12.8 Å². The summed E-state index contributed by atoms with van der Waals surface area (Å²) in [6.07, 6.45) is 3.96. The zero-order valence-corrected chi connectivity index (χ0v) is 16.8. The Hall–Kier alpha value is -1.97. The predicted octanol–water partition coefficient (Wildman–Crippen LogP) is 1.95. The lowest BCUT2D eigenvalue weighted by Gasteiger charge is -2.30. The molecule has 146 valence electrons. The molecule has 1 saturated heterocycles. The molecule has 0 aliphatic carbocycles. The van der Waals surface area contributed by atoms with Gasteiger partial charge in [0.1, 0.15) is 15.6 Å². The molecule has 1 fully saturated rings. The number of sulfonamides is 1. The Bertz CT molecular complexity index is 1010. The van der Waals surface area contributed by atoms with Gasteiger partial charge in [0.05, 0.1) is 23.5 Å². The first-order valence-corrected chi connectivity index (χ1v) is 11.8. The first-order chi connectivity index (χ1) is 12.7. The monoisotopic (exact) mass is 410 g/mol. The van der Waals surface area contributed by atoms with Gasteiger partial charge in [-0.25, -0.2) is 16.8 Å². The van der Waals surface area contributed by atoms with E-state index in [0.717, 1.165) is 11.1 Å². The van der Waals surface area contributed by atoms with E-state index in [9.17, 15) is 16.8 Å². The molecule has 3 rings (SSSR count).